The molecule has 1 aromatic heterocycles. The molecule has 0 aliphatic heterocycles. The summed E-state index contributed by atoms with van der Waals surface area (Å²) >= 11 is 0. The second-order valence-electron chi connectivity index (χ2n) is 7.77. The lowest BCUT2D eigenvalue weighted by Crippen LogP contribution is -2.57. The molecule has 11 nitrogen and oxygen atoms in total. The summed E-state index contributed by atoms with van der Waals surface area (Å²) < 4.78 is 17.9. The first-order valence-electron chi connectivity index (χ1n) is 10.1. The van der Waals surface area contributed by atoms with Gasteiger partial charge in [0.15, 0.2) is 0 Å². The molecule has 0 saturated carbocycles. The van der Waals surface area contributed by atoms with E-state index in [1.165, 1.54) is 25.5 Å². The van der Waals surface area contributed by atoms with E-state index in [-0.39, 0.29) is 12.1 Å². The van der Waals surface area contributed by atoms with Gasteiger partial charge in [-0.25, -0.2) is 9.36 Å². The summed E-state index contributed by atoms with van der Waals surface area (Å²) in [6.07, 6.45) is 2.39. The van der Waals surface area contributed by atoms with Crippen molar-refractivity contribution in [3.05, 3.63) is 54.5 Å². The van der Waals surface area contributed by atoms with E-state index in [1.807, 2.05) is 0 Å². The Kier molecular flexibility index (Phi) is 8.95. The summed E-state index contributed by atoms with van der Waals surface area (Å²) in [6, 6.07) is 7.22. The molecule has 0 fully saturated rings. The zero-order chi connectivity index (χ0) is 24.8. The minimum absolute atomic E-state index is 0.0560. The van der Waals surface area contributed by atoms with Gasteiger partial charge in [-0.05, 0) is 11.5 Å². The van der Waals surface area contributed by atoms with Gasteiger partial charge in [-0.3, -0.25) is 14.5 Å². The van der Waals surface area contributed by atoms with Crippen LogP contribution in [0.1, 0.15) is 26.3 Å². The molecule has 0 aliphatic carbocycles. The monoisotopic (exact) mass is 481 g/mol. The van der Waals surface area contributed by atoms with Crippen LogP contribution in [0.15, 0.2) is 53.3 Å². The molecule has 180 valence electrons. The Morgan fingerprint density at radius 3 is 2.21 bits per heavy atom. The zero-order valence-corrected chi connectivity index (χ0v) is 19.4. The third-order valence-corrected chi connectivity index (χ3v) is 5.98. The van der Waals surface area contributed by atoms with Gasteiger partial charge in [0.2, 0.25) is 11.8 Å². The molecule has 2 unspecified atom stereocenters. The molecule has 0 bridgehead atoms. The summed E-state index contributed by atoms with van der Waals surface area (Å²) in [5.74, 6) is -3.37. The summed E-state index contributed by atoms with van der Waals surface area (Å²) in [4.78, 5) is 58.3. The van der Waals surface area contributed by atoms with Crippen molar-refractivity contribution in [2.75, 3.05) is 11.6 Å². The fraction of sp³-hybridized carbons (Fsp3) is 0.381. The van der Waals surface area contributed by atoms with Gasteiger partial charge in [-0.15, -0.1) is 0 Å². The highest BCUT2D eigenvalue weighted by Crippen LogP contribution is 2.43. The average molecular weight is 481 g/mol. The first-order valence-corrected chi connectivity index (χ1v) is 11.7. The van der Waals surface area contributed by atoms with Crippen molar-refractivity contribution >= 4 is 31.2 Å². The lowest BCUT2D eigenvalue weighted by Gasteiger charge is -2.38. The fourth-order valence-electron chi connectivity index (χ4n) is 3.43. The molecular formula is C21H28N3O8P. The first-order chi connectivity index (χ1) is 15.4. The number of hydrogen-bond donors (Lipinski definition) is 4. The standard InChI is InChI=1S/C21H28N3O8P/c1-14(2)19(23(33(29,30)31)13-22-15(3)25)20(26)24(17-9-10-32-12-17)18(21(27)28)11-16-7-5-4-6-8-16/h4-10,12,14,18-19H,11,13H2,1-3H3,(H,22,25)(H,27,28)(H2,29,30,31). The van der Waals surface area contributed by atoms with Gasteiger partial charge in [-0.2, -0.15) is 4.67 Å². The van der Waals surface area contributed by atoms with E-state index in [0.717, 1.165) is 4.90 Å². The van der Waals surface area contributed by atoms with Gasteiger partial charge in [0.05, 0.1) is 18.6 Å². The number of carbonyl (C=O) groups is 3. The van der Waals surface area contributed by atoms with E-state index < -0.39 is 50.2 Å². The maximum Gasteiger partial charge on any atom is 0.405 e. The van der Waals surface area contributed by atoms with E-state index in [4.69, 9.17) is 4.42 Å². The van der Waals surface area contributed by atoms with Crippen LogP contribution >= 0.6 is 7.75 Å². The number of carboxylic acid groups (broad SMARTS) is 1. The Bertz CT molecular complexity index is 990. The third kappa shape index (κ3) is 7.00. The number of benzene rings is 1. The lowest BCUT2D eigenvalue weighted by molar-refractivity contribution is -0.140. The van der Waals surface area contributed by atoms with Crippen LogP contribution in [0.3, 0.4) is 0 Å². The predicted octanol–water partition coefficient (Wildman–Crippen LogP) is 1.82. The summed E-state index contributed by atoms with van der Waals surface area (Å²) in [5.41, 5.74) is 0.775. The van der Waals surface area contributed by atoms with Crippen molar-refractivity contribution in [2.24, 2.45) is 5.92 Å². The van der Waals surface area contributed by atoms with Crippen LogP contribution in [0.4, 0.5) is 5.69 Å². The van der Waals surface area contributed by atoms with Crippen LogP contribution in [0.5, 0.6) is 0 Å². The first kappa shape index (κ1) is 26.3. The van der Waals surface area contributed by atoms with E-state index in [0.29, 0.717) is 10.2 Å². The van der Waals surface area contributed by atoms with E-state index in [2.05, 4.69) is 5.32 Å². The minimum atomic E-state index is -5.03. The van der Waals surface area contributed by atoms with Gasteiger partial charge in [0.25, 0.3) is 0 Å². The zero-order valence-electron chi connectivity index (χ0n) is 18.5. The Morgan fingerprint density at radius 1 is 1.12 bits per heavy atom. The van der Waals surface area contributed by atoms with E-state index in [9.17, 15) is 33.8 Å². The van der Waals surface area contributed by atoms with Crippen LogP contribution in [0.2, 0.25) is 0 Å². The van der Waals surface area contributed by atoms with Gasteiger partial charge in [0, 0.05) is 19.4 Å². The molecule has 2 aromatic rings. The van der Waals surface area contributed by atoms with Gasteiger partial charge in [-0.1, -0.05) is 44.2 Å². The molecule has 4 N–H and O–H groups in total. The molecule has 12 heteroatoms. The van der Waals surface area contributed by atoms with Crippen molar-refractivity contribution in [2.45, 2.75) is 39.3 Å². The summed E-state index contributed by atoms with van der Waals surface area (Å²) in [6.45, 7) is 3.70. The fourth-order valence-corrected chi connectivity index (χ4v) is 4.37. The lowest BCUT2D eigenvalue weighted by atomic mass is 9.99. The van der Waals surface area contributed by atoms with E-state index in [1.54, 1.807) is 44.2 Å². The minimum Gasteiger partial charge on any atom is -0.480 e. The predicted molar refractivity (Wildman–Crippen MR) is 119 cm³/mol. The van der Waals surface area contributed by atoms with Crippen LogP contribution in [-0.2, 0) is 25.4 Å². The molecule has 0 radical (unpaired) electrons. The largest absolute Gasteiger partial charge is 0.480 e. The van der Waals surface area contributed by atoms with E-state index >= 15 is 0 Å². The number of nitrogens with zero attached hydrogens (tertiary/aromatic N) is 2. The number of anilines is 1. The Morgan fingerprint density at radius 2 is 1.76 bits per heavy atom. The smallest absolute Gasteiger partial charge is 0.405 e. The van der Waals surface area contributed by atoms with Crippen LogP contribution < -0.4 is 10.2 Å². The number of carboxylic acids is 1. The number of hydrogen-bond acceptors (Lipinski definition) is 5. The van der Waals surface area contributed by atoms with Crippen molar-refractivity contribution in [1.82, 2.24) is 9.99 Å². The second kappa shape index (κ2) is 11.2. The highest BCUT2D eigenvalue weighted by molar-refractivity contribution is 7.49. The number of rotatable bonds is 11. The Labute approximate surface area is 191 Å². The number of amides is 2. The highest BCUT2D eigenvalue weighted by Gasteiger charge is 2.44. The maximum atomic E-state index is 13.8. The summed E-state index contributed by atoms with van der Waals surface area (Å²) in [5, 5.41) is 12.3. The van der Waals surface area contributed by atoms with Crippen LogP contribution in [-0.4, -0.2) is 56.1 Å². The van der Waals surface area contributed by atoms with Crippen LogP contribution in [0.25, 0.3) is 0 Å². The second-order valence-corrected chi connectivity index (χ2v) is 9.31. The number of aliphatic carboxylic acids is 1. The van der Waals surface area contributed by atoms with Crippen molar-refractivity contribution < 1.29 is 38.3 Å². The summed E-state index contributed by atoms with van der Waals surface area (Å²) in [7, 11) is -5.03. The SMILES string of the molecule is CC(=O)NCN(C(C(=O)N(c1ccoc1)C(Cc1ccccc1)C(=O)O)C(C)C)P(=O)(O)O. The molecule has 1 heterocycles. The molecule has 1 aromatic carbocycles. The normalized spacial score (nSPS) is 13.5. The Hall–Kier alpha value is -2.98. The quantitative estimate of drug-likeness (QED) is 0.277. The average Bonchev–Trinajstić information content (AvgIpc) is 3.24. The van der Waals surface area contributed by atoms with Crippen molar-refractivity contribution in [3.8, 4) is 0 Å². The Balaban J connectivity index is 2.55. The highest BCUT2D eigenvalue weighted by atomic mass is 31.2. The van der Waals surface area contributed by atoms with Crippen molar-refractivity contribution in [3.63, 3.8) is 0 Å². The van der Waals surface area contributed by atoms with Gasteiger partial charge < -0.3 is 24.6 Å². The number of carbonyl (C=O) groups excluding carboxylic acids is 2. The van der Waals surface area contributed by atoms with Gasteiger partial charge in [0.1, 0.15) is 18.3 Å². The maximum absolute atomic E-state index is 13.8. The van der Waals surface area contributed by atoms with Crippen LogP contribution in [0, 0.1) is 5.92 Å². The molecule has 0 aliphatic rings. The molecule has 2 amide bonds. The molecule has 2 rings (SSSR count). The number of furan rings is 1. The van der Waals surface area contributed by atoms with Crippen molar-refractivity contribution in [1.29, 1.82) is 0 Å². The van der Waals surface area contributed by atoms with Gasteiger partial charge >= 0.3 is 13.7 Å². The molecular weight excluding hydrogens is 453 g/mol. The molecule has 0 saturated heterocycles. The molecule has 0 spiro atoms. The molecule has 33 heavy (non-hydrogen) atoms. The topological polar surface area (TPSA) is 161 Å². The molecule has 2 atom stereocenters. The third-order valence-electron chi connectivity index (χ3n) is 4.92. The number of nitrogens with one attached hydrogen (secondary N) is 1.